The van der Waals surface area contributed by atoms with Crippen LogP contribution in [-0.4, -0.2) is 43.5 Å². The van der Waals surface area contributed by atoms with E-state index in [2.05, 4.69) is 5.43 Å². The Balaban J connectivity index is 2.24. The molecule has 0 aromatic heterocycles. The molecule has 1 saturated heterocycles. The zero-order valence-electron chi connectivity index (χ0n) is 5.95. The van der Waals surface area contributed by atoms with E-state index in [0.29, 0.717) is 26.3 Å². The van der Waals surface area contributed by atoms with Crippen LogP contribution < -0.4 is 5.43 Å². The van der Waals surface area contributed by atoms with Crippen molar-refractivity contribution >= 4 is 12.2 Å². The summed E-state index contributed by atoms with van der Waals surface area (Å²) in [5.74, 6) is -0.855. The molecule has 0 aliphatic carbocycles. The molecule has 0 spiro atoms. The van der Waals surface area contributed by atoms with Crippen LogP contribution in [0.3, 0.4) is 0 Å². The minimum atomic E-state index is -0.855. The molecular weight excluding hydrogens is 148 g/mol. The van der Waals surface area contributed by atoms with Crippen molar-refractivity contribution in [2.24, 2.45) is 0 Å². The zero-order chi connectivity index (χ0) is 8.10. The highest BCUT2D eigenvalue weighted by atomic mass is 16.5. The summed E-state index contributed by atoms with van der Waals surface area (Å²) in [7, 11) is 0. The number of ether oxygens (including phenoxy) is 1. The summed E-state index contributed by atoms with van der Waals surface area (Å²) >= 11 is 0. The molecule has 1 fully saturated rings. The van der Waals surface area contributed by atoms with Crippen LogP contribution in [0.1, 0.15) is 0 Å². The summed E-state index contributed by atoms with van der Waals surface area (Å²) in [5.41, 5.74) is 3.45. The van der Waals surface area contributed by atoms with Crippen LogP contribution in [0.25, 0.3) is 0 Å². The summed E-state index contributed by atoms with van der Waals surface area (Å²) < 4.78 is 5.00. The number of morpholine rings is 1. The lowest BCUT2D eigenvalue weighted by Gasteiger charge is -2.23. The van der Waals surface area contributed by atoms with E-state index in [1.807, 2.05) is 0 Å². The van der Waals surface area contributed by atoms with Crippen LogP contribution in [-0.2, 0) is 14.3 Å². The topological polar surface area (TPSA) is 60.7 Å². The smallest absolute Gasteiger partial charge is 0.333 e. The summed E-state index contributed by atoms with van der Waals surface area (Å²) in [4.78, 5) is 20.2. The quantitative estimate of drug-likeness (QED) is 0.455. The van der Waals surface area contributed by atoms with Gasteiger partial charge in [-0.1, -0.05) is 0 Å². The van der Waals surface area contributed by atoms with Gasteiger partial charge >= 0.3 is 5.91 Å². The van der Waals surface area contributed by atoms with Gasteiger partial charge in [-0.2, -0.15) is 10.4 Å². The molecule has 1 heterocycles. The van der Waals surface area contributed by atoms with Crippen molar-refractivity contribution in [1.29, 1.82) is 0 Å². The molecule has 5 nitrogen and oxygen atoms in total. The van der Waals surface area contributed by atoms with Crippen molar-refractivity contribution in [3.63, 3.8) is 0 Å². The number of carbonyl (C=O) groups is 1. The standard InChI is InChI=1S/C6H8N2O3/c9-5-6(10)7-8-1-3-11-4-2-8/h1-4H2. The SMILES string of the molecule is O=[C]C(=O)[N]N1CCOCC1. The minimum Gasteiger partial charge on any atom is -0.379 e. The summed E-state index contributed by atoms with van der Waals surface area (Å²) in [5, 5.41) is 1.51. The van der Waals surface area contributed by atoms with E-state index in [1.54, 1.807) is 0 Å². The van der Waals surface area contributed by atoms with Gasteiger partial charge in [0.25, 0.3) is 6.29 Å². The first-order chi connectivity index (χ1) is 5.33. The van der Waals surface area contributed by atoms with Gasteiger partial charge in [0.1, 0.15) is 0 Å². The molecule has 60 valence electrons. The van der Waals surface area contributed by atoms with Gasteiger partial charge in [0.15, 0.2) is 0 Å². The van der Waals surface area contributed by atoms with Gasteiger partial charge in [0.05, 0.1) is 13.2 Å². The van der Waals surface area contributed by atoms with Crippen molar-refractivity contribution in [3.05, 3.63) is 0 Å². The molecule has 5 heteroatoms. The van der Waals surface area contributed by atoms with Crippen molar-refractivity contribution in [1.82, 2.24) is 10.4 Å². The monoisotopic (exact) mass is 156 g/mol. The third-order valence-corrected chi connectivity index (χ3v) is 1.31. The predicted octanol–water partition coefficient (Wildman–Crippen LogP) is -1.53. The Bertz CT molecular complexity index is 154. The zero-order valence-corrected chi connectivity index (χ0v) is 5.95. The molecule has 1 amide bonds. The Hall–Kier alpha value is -0.940. The molecule has 0 aromatic carbocycles. The fraction of sp³-hybridized carbons (Fsp3) is 0.667. The number of rotatable bonds is 2. The number of carbonyl (C=O) groups excluding carboxylic acids is 2. The van der Waals surface area contributed by atoms with E-state index < -0.39 is 5.91 Å². The van der Waals surface area contributed by atoms with Crippen LogP contribution in [0.5, 0.6) is 0 Å². The van der Waals surface area contributed by atoms with E-state index >= 15 is 0 Å². The Kier molecular flexibility index (Phi) is 3.00. The van der Waals surface area contributed by atoms with Gasteiger partial charge in [0.2, 0.25) is 0 Å². The lowest BCUT2D eigenvalue weighted by Crippen LogP contribution is -2.44. The summed E-state index contributed by atoms with van der Waals surface area (Å²) in [6.07, 6.45) is 1.17. The second-order valence-corrected chi connectivity index (χ2v) is 2.07. The number of hydrogen-bond acceptors (Lipinski definition) is 4. The molecule has 1 aliphatic heterocycles. The summed E-state index contributed by atoms with van der Waals surface area (Å²) in [6.45, 7) is 2.23. The molecule has 0 unspecified atom stereocenters. The molecule has 0 bridgehead atoms. The average Bonchev–Trinajstić information content (AvgIpc) is 2.06. The summed E-state index contributed by atoms with van der Waals surface area (Å²) in [6, 6.07) is 0. The Morgan fingerprint density at radius 3 is 2.64 bits per heavy atom. The minimum absolute atomic E-state index is 0.551. The highest BCUT2D eigenvalue weighted by Crippen LogP contribution is 1.92. The number of hydrogen-bond donors (Lipinski definition) is 0. The van der Waals surface area contributed by atoms with Gasteiger partial charge in [-0.3, -0.25) is 9.59 Å². The highest BCUT2D eigenvalue weighted by Gasteiger charge is 2.14. The van der Waals surface area contributed by atoms with Crippen molar-refractivity contribution in [2.75, 3.05) is 26.3 Å². The second-order valence-electron chi connectivity index (χ2n) is 2.07. The van der Waals surface area contributed by atoms with Gasteiger partial charge in [-0.25, -0.2) is 0 Å². The third-order valence-electron chi connectivity index (χ3n) is 1.31. The predicted molar refractivity (Wildman–Crippen MR) is 35.2 cm³/mol. The largest absolute Gasteiger partial charge is 0.379 e. The highest BCUT2D eigenvalue weighted by molar-refractivity contribution is 6.23. The van der Waals surface area contributed by atoms with E-state index in [9.17, 15) is 9.59 Å². The average molecular weight is 156 g/mol. The van der Waals surface area contributed by atoms with Crippen molar-refractivity contribution in [3.8, 4) is 0 Å². The van der Waals surface area contributed by atoms with E-state index in [0.717, 1.165) is 0 Å². The van der Waals surface area contributed by atoms with Gasteiger partial charge in [0, 0.05) is 13.1 Å². The molecular formula is C6H8N2O3. The Labute approximate surface area is 64.3 Å². The van der Waals surface area contributed by atoms with Crippen LogP contribution in [0.2, 0.25) is 0 Å². The maximum Gasteiger partial charge on any atom is 0.333 e. The molecule has 2 radical (unpaired) electrons. The first-order valence-electron chi connectivity index (χ1n) is 3.29. The third kappa shape index (κ3) is 2.65. The van der Waals surface area contributed by atoms with Crippen molar-refractivity contribution < 1.29 is 14.3 Å². The second kappa shape index (κ2) is 4.05. The van der Waals surface area contributed by atoms with Crippen LogP contribution in [0, 0.1) is 0 Å². The molecule has 0 aromatic rings. The van der Waals surface area contributed by atoms with Crippen LogP contribution >= 0.6 is 0 Å². The molecule has 1 aliphatic rings. The first kappa shape index (κ1) is 8.16. The van der Waals surface area contributed by atoms with Crippen LogP contribution in [0.15, 0.2) is 0 Å². The van der Waals surface area contributed by atoms with Gasteiger partial charge in [-0.05, 0) is 0 Å². The molecule has 11 heavy (non-hydrogen) atoms. The molecule has 1 rings (SSSR count). The molecule has 0 N–H and O–H groups in total. The fourth-order valence-corrected chi connectivity index (χ4v) is 0.803. The lowest BCUT2D eigenvalue weighted by atomic mass is 10.5. The first-order valence-corrected chi connectivity index (χ1v) is 3.29. The molecule has 0 saturated carbocycles. The van der Waals surface area contributed by atoms with E-state index in [-0.39, 0.29) is 0 Å². The maximum atomic E-state index is 10.4. The van der Waals surface area contributed by atoms with E-state index in [1.165, 1.54) is 11.3 Å². The van der Waals surface area contributed by atoms with Gasteiger partial charge < -0.3 is 4.74 Å². The lowest BCUT2D eigenvalue weighted by molar-refractivity contribution is -0.122. The maximum absolute atomic E-state index is 10.4. The number of amides is 1. The molecule has 0 atom stereocenters. The Morgan fingerprint density at radius 2 is 2.09 bits per heavy atom. The van der Waals surface area contributed by atoms with Gasteiger partial charge in [-0.15, -0.1) is 0 Å². The van der Waals surface area contributed by atoms with E-state index in [4.69, 9.17) is 4.74 Å². The fourth-order valence-electron chi connectivity index (χ4n) is 0.803. The normalized spacial score (nSPS) is 19.3. The van der Waals surface area contributed by atoms with Crippen LogP contribution in [0.4, 0.5) is 0 Å². The van der Waals surface area contributed by atoms with Crippen molar-refractivity contribution in [2.45, 2.75) is 0 Å². The Morgan fingerprint density at radius 1 is 1.45 bits per heavy atom. The number of nitrogens with zero attached hydrogens (tertiary/aromatic N) is 2.